The lowest BCUT2D eigenvalue weighted by molar-refractivity contribution is 0.0757. The molecule has 0 spiro atoms. The van der Waals surface area contributed by atoms with E-state index in [4.69, 9.17) is 0 Å². The SMILES string of the molecule is CC1(C)CCCN(C(=O)c2ccc(F)c(S)c2)CC1. The third-order valence-corrected chi connectivity index (χ3v) is 4.16. The van der Waals surface area contributed by atoms with Crippen molar-refractivity contribution in [3.63, 3.8) is 0 Å². The number of rotatable bonds is 1. The molecule has 0 saturated carbocycles. The minimum absolute atomic E-state index is 0.0204. The average Bonchev–Trinajstić information content (AvgIpc) is 2.53. The van der Waals surface area contributed by atoms with E-state index in [9.17, 15) is 9.18 Å². The molecule has 1 heterocycles. The summed E-state index contributed by atoms with van der Waals surface area (Å²) in [6.07, 6.45) is 3.17. The van der Waals surface area contributed by atoms with E-state index in [1.807, 2.05) is 4.90 Å². The maximum absolute atomic E-state index is 13.2. The summed E-state index contributed by atoms with van der Waals surface area (Å²) in [5.74, 6) is -0.412. The minimum Gasteiger partial charge on any atom is -0.339 e. The molecule has 1 aromatic carbocycles. The molecule has 0 unspecified atom stereocenters. The standard InChI is InChI=1S/C15H20FNOS/c1-15(2)6-3-8-17(9-7-15)14(18)11-4-5-12(16)13(19)10-11/h4-5,10,19H,3,6-9H2,1-2H3. The van der Waals surface area contributed by atoms with Gasteiger partial charge in [-0.3, -0.25) is 4.79 Å². The van der Waals surface area contributed by atoms with E-state index in [-0.39, 0.29) is 10.8 Å². The zero-order chi connectivity index (χ0) is 14.0. The van der Waals surface area contributed by atoms with Gasteiger partial charge in [-0.25, -0.2) is 4.39 Å². The second-order valence-electron chi connectivity index (χ2n) is 5.98. The Labute approximate surface area is 119 Å². The Morgan fingerprint density at radius 2 is 2.05 bits per heavy atom. The molecule has 19 heavy (non-hydrogen) atoms. The molecule has 0 atom stereocenters. The van der Waals surface area contributed by atoms with Crippen molar-refractivity contribution in [3.05, 3.63) is 29.6 Å². The lowest BCUT2D eigenvalue weighted by Crippen LogP contribution is -2.32. The molecule has 2 nitrogen and oxygen atoms in total. The Balaban J connectivity index is 2.13. The molecule has 1 saturated heterocycles. The Hall–Kier alpha value is -1.03. The van der Waals surface area contributed by atoms with Gasteiger partial charge in [-0.05, 0) is 42.9 Å². The second kappa shape index (κ2) is 5.53. The normalized spacial score (nSPS) is 19.1. The Morgan fingerprint density at radius 3 is 2.74 bits per heavy atom. The Bertz CT molecular complexity index is 487. The van der Waals surface area contributed by atoms with Gasteiger partial charge in [0.05, 0.1) is 0 Å². The summed E-state index contributed by atoms with van der Waals surface area (Å²) in [5.41, 5.74) is 0.818. The highest BCUT2D eigenvalue weighted by Gasteiger charge is 2.26. The molecule has 0 aliphatic carbocycles. The number of benzene rings is 1. The number of carbonyl (C=O) groups is 1. The van der Waals surface area contributed by atoms with Crippen molar-refractivity contribution in [3.8, 4) is 0 Å². The molecule has 1 aliphatic heterocycles. The molecule has 0 bridgehead atoms. The maximum Gasteiger partial charge on any atom is 0.253 e. The van der Waals surface area contributed by atoms with Crippen LogP contribution in [-0.2, 0) is 0 Å². The van der Waals surface area contributed by atoms with Crippen LogP contribution in [0.15, 0.2) is 23.1 Å². The van der Waals surface area contributed by atoms with E-state index < -0.39 is 5.82 Å². The number of carbonyl (C=O) groups excluding carboxylic acids is 1. The van der Waals surface area contributed by atoms with Crippen molar-refractivity contribution >= 4 is 18.5 Å². The summed E-state index contributed by atoms with van der Waals surface area (Å²) in [6.45, 7) is 6.03. The number of amides is 1. The van der Waals surface area contributed by atoms with Gasteiger partial charge in [-0.1, -0.05) is 13.8 Å². The summed E-state index contributed by atoms with van der Waals surface area (Å²) in [7, 11) is 0. The Morgan fingerprint density at radius 1 is 1.32 bits per heavy atom. The molecule has 2 rings (SSSR count). The van der Waals surface area contributed by atoms with E-state index in [1.165, 1.54) is 18.2 Å². The fourth-order valence-corrected chi connectivity index (χ4v) is 2.67. The van der Waals surface area contributed by atoms with Crippen LogP contribution in [0.3, 0.4) is 0 Å². The first-order valence-corrected chi connectivity index (χ1v) is 7.12. The topological polar surface area (TPSA) is 20.3 Å². The van der Waals surface area contributed by atoms with Crippen LogP contribution < -0.4 is 0 Å². The predicted molar refractivity (Wildman–Crippen MR) is 77.2 cm³/mol. The summed E-state index contributed by atoms with van der Waals surface area (Å²) in [5, 5.41) is 0. The van der Waals surface area contributed by atoms with E-state index in [1.54, 1.807) is 0 Å². The molecule has 4 heteroatoms. The molecule has 0 radical (unpaired) electrons. The van der Waals surface area contributed by atoms with Crippen LogP contribution in [0.2, 0.25) is 0 Å². The van der Waals surface area contributed by atoms with Gasteiger partial charge >= 0.3 is 0 Å². The summed E-state index contributed by atoms with van der Waals surface area (Å²) >= 11 is 4.03. The summed E-state index contributed by atoms with van der Waals surface area (Å²) < 4.78 is 13.2. The van der Waals surface area contributed by atoms with Gasteiger partial charge in [0.1, 0.15) is 5.82 Å². The van der Waals surface area contributed by atoms with Gasteiger partial charge < -0.3 is 4.90 Å². The van der Waals surface area contributed by atoms with E-state index in [2.05, 4.69) is 26.5 Å². The van der Waals surface area contributed by atoms with Crippen molar-refractivity contribution in [1.82, 2.24) is 4.90 Å². The minimum atomic E-state index is -0.392. The van der Waals surface area contributed by atoms with Crippen LogP contribution in [-0.4, -0.2) is 23.9 Å². The molecule has 104 valence electrons. The number of likely N-dealkylation sites (tertiary alicyclic amines) is 1. The van der Waals surface area contributed by atoms with Crippen LogP contribution in [0.5, 0.6) is 0 Å². The lowest BCUT2D eigenvalue weighted by Gasteiger charge is -2.23. The van der Waals surface area contributed by atoms with E-state index in [0.29, 0.717) is 11.0 Å². The fraction of sp³-hybridized carbons (Fsp3) is 0.533. The summed E-state index contributed by atoms with van der Waals surface area (Å²) in [6, 6.07) is 4.35. The number of hydrogen-bond donors (Lipinski definition) is 1. The van der Waals surface area contributed by atoms with Crippen LogP contribution >= 0.6 is 12.6 Å². The van der Waals surface area contributed by atoms with Crippen molar-refractivity contribution in [2.75, 3.05) is 13.1 Å². The number of hydrogen-bond acceptors (Lipinski definition) is 2. The smallest absolute Gasteiger partial charge is 0.253 e. The van der Waals surface area contributed by atoms with Gasteiger partial charge in [0.25, 0.3) is 5.91 Å². The van der Waals surface area contributed by atoms with Crippen molar-refractivity contribution in [2.24, 2.45) is 5.41 Å². The number of halogens is 1. The van der Waals surface area contributed by atoms with Gasteiger partial charge in [0, 0.05) is 23.5 Å². The molecule has 1 aromatic rings. The third-order valence-electron chi connectivity index (χ3n) is 3.82. The molecule has 0 N–H and O–H groups in total. The third kappa shape index (κ3) is 3.50. The maximum atomic E-state index is 13.2. The van der Waals surface area contributed by atoms with Crippen molar-refractivity contribution in [2.45, 2.75) is 38.0 Å². The van der Waals surface area contributed by atoms with E-state index >= 15 is 0 Å². The van der Waals surface area contributed by atoms with Gasteiger partial charge in [-0.2, -0.15) is 0 Å². The molecular weight excluding hydrogens is 261 g/mol. The van der Waals surface area contributed by atoms with Crippen LogP contribution in [0.25, 0.3) is 0 Å². The van der Waals surface area contributed by atoms with Crippen LogP contribution in [0.4, 0.5) is 4.39 Å². The van der Waals surface area contributed by atoms with Crippen molar-refractivity contribution in [1.29, 1.82) is 0 Å². The Kier molecular flexibility index (Phi) is 4.19. The first-order chi connectivity index (χ1) is 8.89. The first-order valence-electron chi connectivity index (χ1n) is 6.67. The van der Waals surface area contributed by atoms with Gasteiger partial charge in [0.15, 0.2) is 0 Å². The second-order valence-corrected chi connectivity index (χ2v) is 6.46. The van der Waals surface area contributed by atoms with Gasteiger partial charge in [0.2, 0.25) is 0 Å². The van der Waals surface area contributed by atoms with E-state index in [0.717, 1.165) is 32.4 Å². The fourth-order valence-electron chi connectivity index (χ4n) is 2.45. The number of nitrogens with zero attached hydrogens (tertiary/aromatic N) is 1. The van der Waals surface area contributed by atoms with Gasteiger partial charge in [-0.15, -0.1) is 12.6 Å². The largest absolute Gasteiger partial charge is 0.339 e. The summed E-state index contributed by atoms with van der Waals surface area (Å²) in [4.78, 5) is 14.5. The molecule has 1 amide bonds. The quantitative estimate of drug-likeness (QED) is 0.777. The van der Waals surface area contributed by atoms with Crippen LogP contribution in [0, 0.1) is 11.2 Å². The predicted octanol–water partition coefficient (Wildman–Crippen LogP) is 3.77. The number of thiol groups is 1. The first kappa shape index (κ1) is 14.4. The molecule has 1 aliphatic rings. The highest BCUT2D eigenvalue weighted by atomic mass is 32.1. The monoisotopic (exact) mass is 281 g/mol. The highest BCUT2D eigenvalue weighted by Crippen LogP contribution is 2.30. The zero-order valence-electron chi connectivity index (χ0n) is 11.4. The molecular formula is C15H20FNOS. The average molecular weight is 281 g/mol. The zero-order valence-corrected chi connectivity index (χ0v) is 12.3. The highest BCUT2D eigenvalue weighted by molar-refractivity contribution is 7.80. The molecule has 1 fully saturated rings. The van der Waals surface area contributed by atoms with Crippen LogP contribution in [0.1, 0.15) is 43.5 Å². The lowest BCUT2D eigenvalue weighted by atomic mass is 9.85. The van der Waals surface area contributed by atoms with Crippen molar-refractivity contribution < 1.29 is 9.18 Å². The molecule has 0 aromatic heterocycles.